The first-order chi connectivity index (χ1) is 16.6. The van der Waals surface area contributed by atoms with E-state index in [4.69, 9.17) is 0 Å². The summed E-state index contributed by atoms with van der Waals surface area (Å²) >= 11 is 0. The number of carbonyl (C=O) groups excluding carboxylic acids is 1. The molecule has 4 aromatic rings. The molecule has 0 bridgehead atoms. The number of hydrogen-bond acceptors (Lipinski definition) is 6. The molecule has 0 aliphatic carbocycles. The average Bonchev–Trinajstić information content (AvgIpc) is 3.20. The molecule has 35 heavy (non-hydrogen) atoms. The number of nitrogens with zero attached hydrogens (tertiary/aromatic N) is 4. The summed E-state index contributed by atoms with van der Waals surface area (Å²) in [5.74, 6) is -1.54. The number of rotatable bonds is 7. The number of aryl methyl sites for hydroxylation is 2. The first-order valence-corrected chi connectivity index (χ1v) is 10.9. The molecule has 2 aromatic carbocycles. The van der Waals surface area contributed by atoms with Gasteiger partial charge in [-0.2, -0.15) is 9.78 Å². The highest BCUT2D eigenvalue weighted by molar-refractivity contribution is 6.05. The van der Waals surface area contributed by atoms with Gasteiger partial charge in [-0.3, -0.25) is 4.79 Å². The quantitative estimate of drug-likeness (QED) is 0.329. The predicted molar refractivity (Wildman–Crippen MR) is 132 cm³/mol. The molecule has 0 fully saturated rings. The molecule has 3 N–H and O–H groups in total. The highest BCUT2D eigenvalue weighted by atomic mass is 19.3. The van der Waals surface area contributed by atoms with Crippen LogP contribution in [0.15, 0.2) is 60.9 Å². The number of hydrogen-bond donors (Lipinski definition) is 3. The minimum absolute atomic E-state index is 0.170. The maximum absolute atomic E-state index is 13.7. The van der Waals surface area contributed by atoms with E-state index in [0.717, 1.165) is 18.2 Å². The second-order valence-corrected chi connectivity index (χ2v) is 8.17. The van der Waals surface area contributed by atoms with E-state index in [0.29, 0.717) is 34.4 Å². The molecule has 0 aliphatic rings. The van der Waals surface area contributed by atoms with Crippen molar-refractivity contribution in [2.24, 2.45) is 0 Å². The van der Waals surface area contributed by atoms with Crippen molar-refractivity contribution in [1.82, 2.24) is 19.7 Å². The lowest BCUT2D eigenvalue weighted by Crippen LogP contribution is -2.14. The van der Waals surface area contributed by atoms with E-state index in [1.165, 1.54) is 24.5 Å². The van der Waals surface area contributed by atoms with Gasteiger partial charge in [0.15, 0.2) is 5.82 Å². The van der Waals surface area contributed by atoms with E-state index >= 15 is 0 Å². The number of halogens is 2. The van der Waals surface area contributed by atoms with Crippen LogP contribution in [0.3, 0.4) is 0 Å². The van der Waals surface area contributed by atoms with Crippen LogP contribution in [0.25, 0.3) is 5.82 Å². The highest BCUT2D eigenvalue weighted by Crippen LogP contribution is 2.29. The minimum Gasteiger partial charge on any atom is -0.373 e. The van der Waals surface area contributed by atoms with Crippen molar-refractivity contribution in [3.05, 3.63) is 83.3 Å². The van der Waals surface area contributed by atoms with Gasteiger partial charge in [0.2, 0.25) is 0 Å². The monoisotopic (exact) mass is 477 g/mol. The zero-order chi connectivity index (χ0) is 25.2. The van der Waals surface area contributed by atoms with Crippen LogP contribution in [-0.4, -0.2) is 32.7 Å². The second kappa shape index (κ2) is 9.49. The van der Waals surface area contributed by atoms with Crippen LogP contribution >= 0.6 is 0 Å². The molecule has 0 atom stereocenters. The first-order valence-electron chi connectivity index (χ1n) is 10.9. The molecule has 0 unspecified atom stereocenters. The largest absolute Gasteiger partial charge is 0.373 e. The molecular weight excluding hydrogens is 452 g/mol. The predicted octanol–water partition coefficient (Wildman–Crippen LogP) is 5.43. The highest BCUT2D eigenvalue weighted by Gasteiger charge is 2.24. The number of anilines is 4. The summed E-state index contributed by atoms with van der Waals surface area (Å²) in [6, 6.07) is 14.5. The number of aromatic nitrogens is 4. The molecular formula is C25H25F2N7O. The summed E-state index contributed by atoms with van der Waals surface area (Å²) in [7, 11) is 1.77. The van der Waals surface area contributed by atoms with Crippen LogP contribution < -0.4 is 16.0 Å². The number of benzene rings is 2. The Bertz CT molecular complexity index is 1380. The van der Waals surface area contributed by atoms with E-state index in [1.54, 1.807) is 36.0 Å². The van der Waals surface area contributed by atoms with Crippen LogP contribution in [0.4, 0.5) is 31.8 Å². The summed E-state index contributed by atoms with van der Waals surface area (Å²) < 4.78 is 29.0. The van der Waals surface area contributed by atoms with Gasteiger partial charge in [-0.1, -0.05) is 18.2 Å². The Labute approximate surface area is 201 Å². The van der Waals surface area contributed by atoms with Crippen molar-refractivity contribution in [2.75, 3.05) is 23.0 Å². The Hall–Kier alpha value is -4.34. The minimum atomic E-state index is -3.00. The van der Waals surface area contributed by atoms with Crippen LogP contribution in [-0.2, 0) is 5.92 Å². The van der Waals surface area contributed by atoms with E-state index in [2.05, 4.69) is 31.0 Å². The SMILES string of the molecule is CNc1cc(-n2nc(C)cc2Nc2cc(C(=O)Nc3cccc(C(C)(F)F)c3)ccc2C)ncn1. The normalized spacial score (nSPS) is 11.3. The first kappa shape index (κ1) is 23.8. The standard InChI is InChI=1S/C25H25F2N7O/c1-15-8-9-17(24(35)31-19-7-5-6-18(12-19)25(3,26)27)11-20(15)32-23-10-16(2)33-34(23)22-13-21(28-4)29-14-30-22/h5-14,32H,1-4H3,(H,31,35)(H,28,29,30). The lowest BCUT2D eigenvalue weighted by atomic mass is 10.1. The molecule has 0 saturated carbocycles. The molecule has 180 valence electrons. The Morgan fingerprint density at radius 1 is 1.03 bits per heavy atom. The van der Waals surface area contributed by atoms with Gasteiger partial charge in [-0.15, -0.1) is 0 Å². The molecule has 1 amide bonds. The second-order valence-electron chi connectivity index (χ2n) is 8.17. The summed E-state index contributed by atoms with van der Waals surface area (Å²) in [5.41, 5.74) is 2.86. The van der Waals surface area contributed by atoms with Crippen molar-refractivity contribution in [3.63, 3.8) is 0 Å². The van der Waals surface area contributed by atoms with Crippen molar-refractivity contribution in [3.8, 4) is 5.82 Å². The zero-order valence-electron chi connectivity index (χ0n) is 19.7. The maximum atomic E-state index is 13.7. The van der Waals surface area contributed by atoms with Crippen LogP contribution in [0.2, 0.25) is 0 Å². The molecule has 0 aliphatic heterocycles. The summed E-state index contributed by atoms with van der Waals surface area (Å²) in [6.45, 7) is 4.60. The molecule has 0 saturated heterocycles. The topological polar surface area (TPSA) is 96.8 Å². The number of amides is 1. The Morgan fingerprint density at radius 2 is 1.83 bits per heavy atom. The van der Waals surface area contributed by atoms with Crippen LogP contribution in [0, 0.1) is 13.8 Å². The molecule has 2 heterocycles. The molecule has 10 heteroatoms. The van der Waals surface area contributed by atoms with Gasteiger partial charge in [-0.05, 0) is 43.7 Å². The van der Waals surface area contributed by atoms with Crippen molar-refractivity contribution >= 4 is 28.9 Å². The molecule has 8 nitrogen and oxygen atoms in total. The van der Waals surface area contributed by atoms with E-state index in [1.807, 2.05) is 26.0 Å². The summed E-state index contributed by atoms with van der Waals surface area (Å²) in [4.78, 5) is 21.3. The average molecular weight is 478 g/mol. The van der Waals surface area contributed by atoms with Gasteiger partial charge in [0, 0.05) is 48.6 Å². The Morgan fingerprint density at radius 3 is 2.57 bits per heavy atom. The van der Waals surface area contributed by atoms with Crippen molar-refractivity contribution in [2.45, 2.75) is 26.7 Å². The van der Waals surface area contributed by atoms with Crippen LogP contribution in [0.1, 0.15) is 34.1 Å². The fourth-order valence-corrected chi connectivity index (χ4v) is 3.47. The summed E-state index contributed by atoms with van der Waals surface area (Å²) in [5, 5.41) is 13.5. The van der Waals surface area contributed by atoms with E-state index in [-0.39, 0.29) is 5.56 Å². The molecule has 4 rings (SSSR count). The van der Waals surface area contributed by atoms with Crippen molar-refractivity contribution < 1.29 is 13.6 Å². The fourth-order valence-electron chi connectivity index (χ4n) is 3.47. The van der Waals surface area contributed by atoms with Gasteiger partial charge in [-0.25, -0.2) is 18.7 Å². The van der Waals surface area contributed by atoms with E-state index in [9.17, 15) is 13.6 Å². The summed E-state index contributed by atoms with van der Waals surface area (Å²) in [6.07, 6.45) is 1.45. The van der Waals surface area contributed by atoms with Crippen LogP contribution in [0.5, 0.6) is 0 Å². The molecule has 2 aromatic heterocycles. The lowest BCUT2D eigenvalue weighted by molar-refractivity contribution is 0.0175. The van der Waals surface area contributed by atoms with Gasteiger partial charge in [0.1, 0.15) is 18.0 Å². The fraction of sp³-hybridized carbons (Fsp3) is 0.200. The van der Waals surface area contributed by atoms with Gasteiger partial charge in [0.05, 0.1) is 5.69 Å². The van der Waals surface area contributed by atoms with Gasteiger partial charge in [0.25, 0.3) is 11.8 Å². The van der Waals surface area contributed by atoms with E-state index < -0.39 is 11.8 Å². The Balaban J connectivity index is 1.60. The Kier molecular flexibility index (Phi) is 6.46. The molecule has 0 spiro atoms. The molecule has 0 radical (unpaired) electrons. The van der Waals surface area contributed by atoms with Crippen molar-refractivity contribution in [1.29, 1.82) is 0 Å². The lowest BCUT2D eigenvalue weighted by Gasteiger charge is -2.14. The maximum Gasteiger partial charge on any atom is 0.270 e. The third-order valence-corrected chi connectivity index (χ3v) is 5.35. The third-order valence-electron chi connectivity index (χ3n) is 5.35. The van der Waals surface area contributed by atoms with Gasteiger partial charge >= 0.3 is 0 Å². The number of carbonyl (C=O) groups is 1. The smallest absolute Gasteiger partial charge is 0.270 e. The van der Waals surface area contributed by atoms with Gasteiger partial charge < -0.3 is 16.0 Å². The number of alkyl halides is 2. The third kappa shape index (κ3) is 5.43. The zero-order valence-corrected chi connectivity index (χ0v) is 19.7. The number of nitrogens with one attached hydrogen (secondary N) is 3.